The first kappa shape index (κ1) is 12.9. The van der Waals surface area contributed by atoms with Crippen LogP contribution in [0.1, 0.15) is 23.2 Å². The third kappa shape index (κ3) is 2.47. The second-order valence-corrected chi connectivity index (χ2v) is 5.94. The fraction of sp³-hybridized carbons (Fsp3) is 0.500. The SMILES string of the molecule is N[C@H]1CN(C(=O)c2ccc(Cl)cc2F)C[C@@H]1C1CC1. The van der Waals surface area contributed by atoms with Gasteiger partial charge >= 0.3 is 0 Å². The largest absolute Gasteiger partial charge is 0.337 e. The van der Waals surface area contributed by atoms with Crippen molar-refractivity contribution in [3.05, 3.63) is 34.6 Å². The van der Waals surface area contributed by atoms with Crippen molar-refractivity contribution in [2.75, 3.05) is 13.1 Å². The Balaban J connectivity index is 1.77. The molecule has 1 aliphatic heterocycles. The number of rotatable bonds is 2. The zero-order valence-corrected chi connectivity index (χ0v) is 11.2. The van der Waals surface area contributed by atoms with Crippen molar-refractivity contribution in [2.24, 2.45) is 17.6 Å². The van der Waals surface area contributed by atoms with E-state index in [1.165, 1.54) is 31.0 Å². The maximum Gasteiger partial charge on any atom is 0.256 e. The van der Waals surface area contributed by atoms with Crippen LogP contribution in [-0.2, 0) is 0 Å². The maximum atomic E-state index is 13.8. The minimum absolute atomic E-state index is 0.0202. The van der Waals surface area contributed by atoms with Crippen LogP contribution in [0.25, 0.3) is 0 Å². The molecule has 2 fully saturated rings. The van der Waals surface area contributed by atoms with Crippen molar-refractivity contribution in [3.8, 4) is 0 Å². The molecule has 0 radical (unpaired) electrons. The highest BCUT2D eigenvalue weighted by Crippen LogP contribution is 2.41. The van der Waals surface area contributed by atoms with Gasteiger partial charge in [-0.25, -0.2) is 4.39 Å². The zero-order valence-electron chi connectivity index (χ0n) is 10.5. The number of amides is 1. The standard InChI is InChI=1S/C14H16ClFN2O/c15-9-3-4-10(12(16)5-9)14(19)18-6-11(8-1-2-8)13(17)7-18/h3-5,8,11,13H,1-2,6-7,17H2/t11-,13+/m1/s1. The molecule has 1 amide bonds. The summed E-state index contributed by atoms with van der Waals surface area (Å²) in [7, 11) is 0. The fourth-order valence-electron chi connectivity index (χ4n) is 2.88. The van der Waals surface area contributed by atoms with Gasteiger partial charge in [0, 0.05) is 24.2 Å². The molecule has 1 saturated heterocycles. The van der Waals surface area contributed by atoms with Crippen LogP contribution in [0.5, 0.6) is 0 Å². The summed E-state index contributed by atoms with van der Waals surface area (Å²) in [5.41, 5.74) is 6.16. The smallest absolute Gasteiger partial charge is 0.256 e. The van der Waals surface area contributed by atoms with E-state index in [1.807, 2.05) is 0 Å². The monoisotopic (exact) mass is 282 g/mol. The Kier molecular flexibility index (Phi) is 3.23. The van der Waals surface area contributed by atoms with Crippen molar-refractivity contribution in [1.29, 1.82) is 0 Å². The van der Waals surface area contributed by atoms with E-state index in [2.05, 4.69) is 0 Å². The van der Waals surface area contributed by atoms with Gasteiger partial charge in [0.2, 0.25) is 0 Å². The molecule has 3 nitrogen and oxygen atoms in total. The van der Waals surface area contributed by atoms with Crippen molar-refractivity contribution < 1.29 is 9.18 Å². The van der Waals surface area contributed by atoms with Crippen LogP contribution in [-0.4, -0.2) is 29.9 Å². The van der Waals surface area contributed by atoms with E-state index in [0.29, 0.717) is 29.9 Å². The van der Waals surface area contributed by atoms with E-state index in [9.17, 15) is 9.18 Å². The molecule has 3 rings (SSSR count). The first-order chi connectivity index (χ1) is 9.06. The Morgan fingerprint density at radius 3 is 2.74 bits per heavy atom. The summed E-state index contributed by atoms with van der Waals surface area (Å²) >= 11 is 5.69. The van der Waals surface area contributed by atoms with Gasteiger partial charge in [-0.3, -0.25) is 4.79 Å². The van der Waals surface area contributed by atoms with Gasteiger partial charge in [-0.1, -0.05) is 11.6 Å². The second-order valence-electron chi connectivity index (χ2n) is 5.50. The Morgan fingerprint density at radius 1 is 1.37 bits per heavy atom. The van der Waals surface area contributed by atoms with Gasteiger partial charge in [-0.2, -0.15) is 0 Å². The maximum absolute atomic E-state index is 13.8. The van der Waals surface area contributed by atoms with Gasteiger partial charge < -0.3 is 10.6 Å². The number of hydrogen-bond donors (Lipinski definition) is 1. The van der Waals surface area contributed by atoms with Crippen LogP contribution in [0.3, 0.4) is 0 Å². The molecule has 2 N–H and O–H groups in total. The number of likely N-dealkylation sites (tertiary alicyclic amines) is 1. The minimum Gasteiger partial charge on any atom is -0.337 e. The molecule has 102 valence electrons. The van der Waals surface area contributed by atoms with Crippen LogP contribution >= 0.6 is 11.6 Å². The summed E-state index contributed by atoms with van der Waals surface area (Å²) in [5, 5.41) is 0.294. The predicted octanol–water partition coefficient (Wildman–Crippen LogP) is 2.29. The molecular formula is C14H16ClFN2O. The van der Waals surface area contributed by atoms with Gasteiger partial charge in [0.15, 0.2) is 0 Å². The molecular weight excluding hydrogens is 267 g/mol. The lowest BCUT2D eigenvalue weighted by atomic mass is 9.99. The first-order valence-electron chi connectivity index (χ1n) is 6.56. The number of halogens is 2. The van der Waals surface area contributed by atoms with E-state index in [0.717, 1.165) is 0 Å². The summed E-state index contributed by atoms with van der Waals surface area (Å²) in [4.78, 5) is 14.0. The molecule has 1 aromatic rings. The molecule has 1 heterocycles. The average molecular weight is 283 g/mol. The lowest BCUT2D eigenvalue weighted by Crippen LogP contribution is -2.32. The third-order valence-electron chi connectivity index (χ3n) is 4.09. The summed E-state index contributed by atoms with van der Waals surface area (Å²) < 4.78 is 13.8. The molecule has 0 aromatic heterocycles. The number of nitrogens with zero attached hydrogens (tertiary/aromatic N) is 1. The molecule has 2 atom stereocenters. The molecule has 0 spiro atoms. The third-order valence-corrected chi connectivity index (χ3v) is 4.32. The first-order valence-corrected chi connectivity index (χ1v) is 6.94. The van der Waals surface area contributed by atoms with Gasteiger partial charge in [0.1, 0.15) is 5.82 Å². The van der Waals surface area contributed by atoms with Gasteiger partial charge in [-0.05, 0) is 42.9 Å². The molecule has 0 unspecified atom stereocenters. The zero-order chi connectivity index (χ0) is 13.6. The number of carbonyl (C=O) groups is 1. The summed E-state index contributed by atoms with van der Waals surface area (Å²) in [6.07, 6.45) is 2.41. The van der Waals surface area contributed by atoms with Crippen molar-refractivity contribution in [3.63, 3.8) is 0 Å². The number of carbonyl (C=O) groups excluding carboxylic acids is 1. The van der Waals surface area contributed by atoms with E-state index < -0.39 is 5.82 Å². The van der Waals surface area contributed by atoms with Crippen LogP contribution in [0.15, 0.2) is 18.2 Å². The summed E-state index contributed by atoms with van der Waals surface area (Å²) in [5.74, 6) is 0.177. The minimum atomic E-state index is -0.569. The second kappa shape index (κ2) is 4.76. The van der Waals surface area contributed by atoms with Crippen LogP contribution < -0.4 is 5.73 Å². The van der Waals surface area contributed by atoms with Gasteiger partial charge in [0.25, 0.3) is 5.91 Å². The molecule has 0 bridgehead atoms. The Hall–Kier alpha value is -1.13. The van der Waals surface area contributed by atoms with Crippen molar-refractivity contribution in [1.82, 2.24) is 4.90 Å². The highest BCUT2D eigenvalue weighted by molar-refractivity contribution is 6.30. The van der Waals surface area contributed by atoms with E-state index in [4.69, 9.17) is 17.3 Å². The summed E-state index contributed by atoms with van der Waals surface area (Å²) in [6, 6.07) is 4.16. The Morgan fingerprint density at radius 2 is 2.11 bits per heavy atom. The molecule has 1 saturated carbocycles. The van der Waals surface area contributed by atoms with Crippen molar-refractivity contribution >= 4 is 17.5 Å². The highest BCUT2D eigenvalue weighted by atomic mass is 35.5. The van der Waals surface area contributed by atoms with Crippen LogP contribution in [0.4, 0.5) is 4.39 Å². The number of nitrogens with two attached hydrogens (primary N) is 1. The normalized spacial score (nSPS) is 26.8. The lowest BCUT2D eigenvalue weighted by Gasteiger charge is -2.16. The van der Waals surface area contributed by atoms with E-state index in [1.54, 1.807) is 4.90 Å². The predicted molar refractivity (Wildman–Crippen MR) is 71.5 cm³/mol. The van der Waals surface area contributed by atoms with Crippen molar-refractivity contribution in [2.45, 2.75) is 18.9 Å². The number of hydrogen-bond acceptors (Lipinski definition) is 2. The molecule has 2 aliphatic rings. The topological polar surface area (TPSA) is 46.3 Å². The van der Waals surface area contributed by atoms with Gasteiger partial charge in [-0.15, -0.1) is 0 Å². The van der Waals surface area contributed by atoms with E-state index >= 15 is 0 Å². The molecule has 1 aliphatic carbocycles. The molecule has 1 aromatic carbocycles. The quantitative estimate of drug-likeness (QED) is 0.905. The molecule has 19 heavy (non-hydrogen) atoms. The van der Waals surface area contributed by atoms with Gasteiger partial charge in [0.05, 0.1) is 5.56 Å². The highest BCUT2D eigenvalue weighted by Gasteiger charge is 2.42. The Labute approximate surface area is 116 Å². The molecule has 5 heteroatoms. The fourth-order valence-corrected chi connectivity index (χ4v) is 3.04. The Bertz CT molecular complexity index is 518. The van der Waals surface area contributed by atoms with E-state index in [-0.39, 0.29) is 17.5 Å². The average Bonchev–Trinajstić information content (AvgIpc) is 3.12. The lowest BCUT2D eigenvalue weighted by molar-refractivity contribution is 0.0780. The van der Waals surface area contributed by atoms with Crippen LogP contribution in [0.2, 0.25) is 5.02 Å². The summed E-state index contributed by atoms with van der Waals surface area (Å²) in [6.45, 7) is 1.16. The van der Waals surface area contributed by atoms with Crippen LogP contribution in [0, 0.1) is 17.7 Å². The number of benzene rings is 1.